The SMILES string of the molecule is O=C(NCc1ccccc1)[C@H]1CCCN1c1ccc2nc(C3(Cl)CC3)[nH]c(=O)c2n1. The van der Waals surface area contributed by atoms with Crippen LogP contribution >= 0.6 is 11.6 Å². The molecule has 0 unspecified atom stereocenters. The number of fused-ring (bicyclic) bond motifs is 1. The summed E-state index contributed by atoms with van der Waals surface area (Å²) in [5.41, 5.74) is 1.55. The Morgan fingerprint density at radius 1 is 1.20 bits per heavy atom. The van der Waals surface area contributed by atoms with Crippen LogP contribution in [-0.2, 0) is 16.2 Å². The number of H-pyrrole nitrogens is 1. The summed E-state index contributed by atoms with van der Waals surface area (Å²) in [4.78, 5) is 38.7. The average Bonchev–Trinajstić information content (AvgIpc) is 3.33. The number of halogens is 1. The first-order valence-corrected chi connectivity index (χ1v) is 10.6. The van der Waals surface area contributed by atoms with Crippen LogP contribution in [-0.4, -0.2) is 33.4 Å². The minimum absolute atomic E-state index is 0.0292. The van der Waals surface area contributed by atoms with Gasteiger partial charge in [0.2, 0.25) is 5.91 Å². The molecule has 2 fully saturated rings. The van der Waals surface area contributed by atoms with E-state index >= 15 is 0 Å². The molecule has 0 spiro atoms. The van der Waals surface area contributed by atoms with E-state index in [2.05, 4.69) is 20.3 Å². The van der Waals surface area contributed by atoms with Gasteiger partial charge in [0.15, 0.2) is 5.52 Å². The summed E-state index contributed by atoms with van der Waals surface area (Å²) in [5, 5.41) is 3.02. The zero-order chi connectivity index (χ0) is 20.7. The summed E-state index contributed by atoms with van der Waals surface area (Å²) in [7, 11) is 0. The third-order valence-corrected chi connectivity index (χ3v) is 6.37. The minimum atomic E-state index is -0.539. The Bertz CT molecular complexity index is 1160. The molecule has 1 atom stereocenters. The van der Waals surface area contributed by atoms with Crippen molar-refractivity contribution in [1.82, 2.24) is 20.3 Å². The molecule has 0 radical (unpaired) electrons. The number of nitrogens with one attached hydrogen (secondary N) is 2. The van der Waals surface area contributed by atoms with E-state index in [0.717, 1.165) is 37.8 Å². The largest absolute Gasteiger partial charge is 0.350 e. The number of anilines is 1. The van der Waals surface area contributed by atoms with E-state index in [9.17, 15) is 9.59 Å². The summed E-state index contributed by atoms with van der Waals surface area (Å²) in [6.07, 6.45) is 3.26. The van der Waals surface area contributed by atoms with Crippen molar-refractivity contribution in [3.05, 3.63) is 64.2 Å². The van der Waals surface area contributed by atoms with Crippen molar-refractivity contribution in [1.29, 1.82) is 0 Å². The number of alkyl halides is 1. The van der Waals surface area contributed by atoms with Crippen LogP contribution in [0.5, 0.6) is 0 Å². The van der Waals surface area contributed by atoms with Crippen LogP contribution in [0.2, 0.25) is 0 Å². The molecule has 0 bridgehead atoms. The molecule has 1 aromatic carbocycles. The lowest BCUT2D eigenvalue weighted by atomic mass is 10.2. The first-order chi connectivity index (χ1) is 14.5. The monoisotopic (exact) mass is 423 g/mol. The Kier molecular flexibility index (Phi) is 4.70. The zero-order valence-corrected chi connectivity index (χ0v) is 17.2. The quantitative estimate of drug-likeness (QED) is 0.616. The molecular weight excluding hydrogens is 402 g/mol. The maximum atomic E-state index is 12.8. The average molecular weight is 424 g/mol. The van der Waals surface area contributed by atoms with E-state index in [1.165, 1.54) is 0 Å². The van der Waals surface area contributed by atoms with Crippen molar-refractivity contribution in [3.63, 3.8) is 0 Å². The highest BCUT2D eigenvalue weighted by atomic mass is 35.5. The molecule has 1 aliphatic carbocycles. The molecule has 1 amide bonds. The van der Waals surface area contributed by atoms with Crippen molar-refractivity contribution in [2.45, 2.75) is 43.1 Å². The number of aromatic nitrogens is 3. The van der Waals surface area contributed by atoms with Gasteiger partial charge in [-0.2, -0.15) is 0 Å². The second kappa shape index (κ2) is 7.40. The topological polar surface area (TPSA) is 91.0 Å². The third kappa shape index (κ3) is 3.54. The van der Waals surface area contributed by atoms with Gasteiger partial charge < -0.3 is 15.2 Å². The second-order valence-electron chi connectivity index (χ2n) is 7.97. The molecule has 8 heteroatoms. The van der Waals surface area contributed by atoms with Crippen LogP contribution in [0, 0.1) is 0 Å². The lowest BCUT2D eigenvalue weighted by molar-refractivity contribution is -0.122. The standard InChI is InChI=1S/C22H22ClN5O2/c23-22(10-11-22)21-25-15-8-9-17(26-18(15)20(30)27-21)28-12-4-7-16(28)19(29)24-13-14-5-2-1-3-6-14/h1-3,5-6,8-9,16H,4,7,10-13H2,(H,24,29)(H,25,27,30)/t16-/m1/s1. The molecule has 1 saturated carbocycles. The Morgan fingerprint density at radius 2 is 2.00 bits per heavy atom. The van der Waals surface area contributed by atoms with E-state index in [0.29, 0.717) is 23.7 Å². The normalized spacial score (nSPS) is 19.8. The van der Waals surface area contributed by atoms with E-state index < -0.39 is 4.87 Å². The molecule has 5 rings (SSSR count). The van der Waals surface area contributed by atoms with Gasteiger partial charge in [0.25, 0.3) is 5.56 Å². The fourth-order valence-corrected chi connectivity index (χ4v) is 4.13. The number of carbonyl (C=O) groups is 1. The summed E-state index contributed by atoms with van der Waals surface area (Å²) in [5.74, 6) is 1.10. The van der Waals surface area contributed by atoms with Crippen LogP contribution < -0.4 is 15.8 Å². The number of rotatable bonds is 5. The molecule has 1 aliphatic heterocycles. The lowest BCUT2D eigenvalue weighted by Crippen LogP contribution is -2.43. The fraction of sp³-hybridized carbons (Fsp3) is 0.364. The van der Waals surface area contributed by atoms with Crippen LogP contribution in [0.1, 0.15) is 37.1 Å². The van der Waals surface area contributed by atoms with Crippen LogP contribution in [0.15, 0.2) is 47.3 Å². The minimum Gasteiger partial charge on any atom is -0.350 e. The van der Waals surface area contributed by atoms with E-state index in [1.807, 2.05) is 41.3 Å². The van der Waals surface area contributed by atoms with Gasteiger partial charge >= 0.3 is 0 Å². The summed E-state index contributed by atoms with van der Waals surface area (Å²) in [6.45, 7) is 1.21. The van der Waals surface area contributed by atoms with Gasteiger partial charge in [0, 0.05) is 13.1 Å². The number of aromatic amines is 1. The molecule has 2 N–H and O–H groups in total. The van der Waals surface area contributed by atoms with Crippen molar-refractivity contribution >= 4 is 34.4 Å². The van der Waals surface area contributed by atoms with Crippen molar-refractivity contribution in [2.24, 2.45) is 0 Å². The highest BCUT2D eigenvalue weighted by Crippen LogP contribution is 2.50. The molecule has 3 heterocycles. The van der Waals surface area contributed by atoms with Gasteiger partial charge in [-0.1, -0.05) is 30.3 Å². The molecule has 154 valence electrons. The number of amides is 1. The number of pyridine rings is 1. The second-order valence-corrected chi connectivity index (χ2v) is 8.70. The Hall–Kier alpha value is -2.93. The first kappa shape index (κ1) is 19.1. The molecule has 2 aliphatic rings. The lowest BCUT2D eigenvalue weighted by Gasteiger charge is -2.25. The third-order valence-electron chi connectivity index (χ3n) is 5.81. The molecule has 30 heavy (non-hydrogen) atoms. The van der Waals surface area contributed by atoms with Gasteiger partial charge in [-0.3, -0.25) is 9.59 Å². The predicted octanol–water partition coefficient (Wildman–Crippen LogP) is 2.83. The van der Waals surface area contributed by atoms with Crippen LogP contribution in [0.3, 0.4) is 0 Å². The fourth-order valence-electron chi connectivity index (χ4n) is 3.95. The Labute approximate surface area is 178 Å². The van der Waals surface area contributed by atoms with Gasteiger partial charge in [0.1, 0.15) is 22.6 Å². The maximum Gasteiger partial charge on any atom is 0.277 e. The van der Waals surface area contributed by atoms with Crippen LogP contribution in [0.4, 0.5) is 5.82 Å². The number of nitrogens with zero attached hydrogens (tertiary/aromatic N) is 3. The van der Waals surface area contributed by atoms with Gasteiger partial charge in [-0.25, -0.2) is 9.97 Å². The van der Waals surface area contributed by atoms with Crippen molar-refractivity contribution in [3.8, 4) is 0 Å². The summed E-state index contributed by atoms with van der Waals surface area (Å²) < 4.78 is 0. The number of carbonyl (C=O) groups excluding carboxylic acids is 1. The number of hydrogen-bond donors (Lipinski definition) is 2. The highest BCUT2D eigenvalue weighted by Gasteiger charge is 2.45. The Morgan fingerprint density at radius 3 is 2.77 bits per heavy atom. The first-order valence-electron chi connectivity index (χ1n) is 10.2. The van der Waals surface area contributed by atoms with Gasteiger partial charge in [-0.05, 0) is 43.4 Å². The highest BCUT2D eigenvalue weighted by molar-refractivity contribution is 6.25. The molecule has 7 nitrogen and oxygen atoms in total. The molecule has 3 aromatic rings. The van der Waals surface area contributed by atoms with Crippen molar-refractivity contribution < 1.29 is 4.79 Å². The molecule has 1 saturated heterocycles. The smallest absolute Gasteiger partial charge is 0.277 e. The Balaban J connectivity index is 1.37. The van der Waals surface area contributed by atoms with Gasteiger partial charge in [-0.15, -0.1) is 11.6 Å². The number of benzene rings is 1. The van der Waals surface area contributed by atoms with Gasteiger partial charge in [0.05, 0.1) is 5.52 Å². The van der Waals surface area contributed by atoms with Crippen LogP contribution in [0.25, 0.3) is 11.0 Å². The summed E-state index contributed by atoms with van der Waals surface area (Å²) >= 11 is 6.40. The predicted molar refractivity (Wildman–Crippen MR) is 116 cm³/mol. The number of hydrogen-bond acceptors (Lipinski definition) is 5. The molecular formula is C22H22ClN5O2. The van der Waals surface area contributed by atoms with E-state index in [-0.39, 0.29) is 23.0 Å². The molecule has 2 aromatic heterocycles. The van der Waals surface area contributed by atoms with E-state index in [1.54, 1.807) is 6.07 Å². The maximum absolute atomic E-state index is 12.8. The summed E-state index contributed by atoms with van der Waals surface area (Å²) in [6, 6.07) is 13.1. The van der Waals surface area contributed by atoms with Crippen molar-refractivity contribution in [2.75, 3.05) is 11.4 Å². The zero-order valence-electron chi connectivity index (χ0n) is 16.4. The van der Waals surface area contributed by atoms with E-state index in [4.69, 9.17) is 11.6 Å².